The lowest BCUT2D eigenvalue weighted by atomic mass is 9.99. The van der Waals surface area contributed by atoms with Crippen LogP contribution in [0.5, 0.6) is 0 Å². The maximum absolute atomic E-state index is 12.0. The Balaban J connectivity index is 0.00000121. The average Bonchev–Trinajstić information content (AvgIpc) is 3.19. The van der Waals surface area contributed by atoms with Crippen LogP contribution in [-0.4, -0.2) is 24.5 Å². The van der Waals surface area contributed by atoms with Crippen LogP contribution in [-0.2, 0) is 4.79 Å². The van der Waals surface area contributed by atoms with Crippen molar-refractivity contribution in [1.82, 2.24) is 0 Å². The molecule has 0 atom stereocenters. The number of carbonyl (C=O) groups excluding carboxylic acids is 1. The summed E-state index contributed by atoms with van der Waals surface area (Å²) in [6, 6.07) is 8.10. The fraction of sp³-hybridized carbons (Fsp3) is 0.562. The van der Waals surface area contributed by atoms with Crippen LogP contribution in [0.15, 0.2) is 24.3 Å². The largest absolute Gasteiger partial charge is 0.371 e. The minimum atomic E-state index is -0.615. The van der Waals surface area contributed by atoms with E-state index in [0.717, 1.165) is 37.5 Å². The molecule has 0 spiro atoms. The van der Waals surface area contributed by atoms with Crippen molar-refractivity contribution in [3.05, 3.63) is 24.3 Å². The molecular weight excluding hydrogens is 321 g/mol. The summed E-state index contributed by atoms with van der Waals surface area (Å²) in [6.45, 7) is 4.50. The molecule has 1 aromatic carbocycles. The molecule has 3 N–H and O–H groups in total. The molecule has 0 bridgehead atoms. The van der Waals surface area contributed by atoms with Crippen molar-refractivity contribution in [3.8, 4) is 0 Å². The normalized spacial score (nSPS) is 19.6. The van der Waals surface area contributed by atoms with Gasteiger partial charge in [-0.05, 0) is 49.8 Å². The summed E-state index contributed by atoms with van der Waals surface area (Å²) in [5.41, 5.74) is 7.34. The number of nitrogens with one attached hydrogen (secondary N) is 1. The first kappa shape index (κ1) is 19.1. The second kappa shape index (κ2) is 7.53. The van der Waals surface area contributed by atoms with E-state index in [0.29, 0.717) is 0 Å². The van der Waals surface area contributed by atoms with Crippen molar-refractivity contribution >= 4 is 42.1 Å². The molecule has 1 aromatic rings. The zero-order valence-electron chi connectivity index (χ0n) is 12.9. The Morgan fingerprint density at radius 2 is 1.91 bits per heavy atom. The lowest BCUT2D eigenvalue weighted by molar-refractivity contribution is -0.118. The molecule has 1 saturated heterocycles. The molecule has 1 amide bonds. The van der Waals surface area contributed by atoms with Gasteiger partial charge in [-0.15, -0.1) is 24.8 Å². The minimum Gasteiger partial charge on any atom is -0.371 e. The number of carbonyl (C=O) groups is 1. The number of hydrogen-bond donors (Lipinski definition) is 2. The predicted molar refractivity (Wildman–Crippen MR) is 96.3 cm³/mol. The number of amides is 1. The zero-order chi connectivity index (χ0) is 14.2. The highest BCUT2D eigenvalue weighted by Gasteiger charge is 2.45. The van der Waals surface area contributed by atoms with Gasteiger partial charge in [-0.3, -0.25) is 4.79 Å². The summed E-state index contributed by atoms with van der Waals surface area (Å²) in [5, 5.41) is 2.94. The van der Waals surface area contributed by atoms with Gasteiger partial charge < -0.3 is 16.0 Å². The molecule has 0 aromatic heterocycles. The second-order valence-corrected chi connectivity index (χ2v) is 6.33. The van der Waals surface area contributed by atoms with Crippen molar-refractivity contribution in [3.63, 3.8) is 0 Å². The van der Waals surface area contributed by atoms with Gasteiger partial charge in [0.2, 0.25) is 5.91 Å². The maximum Gasteiger partial charge on any atom is 0.244 e. The molecule has 124 valence electrons. The van der Waals surface area contributed by atoms with Gasteiger partial charge >= 0.3 is 0 Å². The van der Waals surface area contributed by atoms with Crippen LogP contribution in [0.3, 0.4) is 0 Å². The number of anilines is 2. The standard InChI is InChI=1S/C16H23N3O.2ClH/c1-12-5-9-19(10-6-12)14-4-2-3-13(11-14)18-15(20)16(17)7-8-16;;/h2-4,11-12H,5-10,17H2,1H3,(H,18,20);2*1H. The van der Waals surface area contributed by atoms with Crippen LogP contribution in [0.2, 0.25) is 0 Å². The van der Waals surface area contributed by atoms with E-state index in [4.69, 9.17) is 5.73 Å². The van der Waals surface area contributed by atoms with E-state index < -0.39 is 5.54 Å². The average molecular weight is 346 g/mol. The molecule has 6 heteroatoms. The number of halogens is 2. The Morgan fingerprint density at radius 3 is 2.50 bits per heavy atom. The maximum atomic E-state index is 12.0. The van der Waals surface area contributed by atoms with Crippen LogP contribution < -0.4 is 16.0 Å². The summed E-state index contributed by atoms with van der Waals surface area (Å²) in [6.07, 6.45) is 4.07. The Kier molecular flexibility index (Phi) is 6.53. The molecule has 3 rings (SSSR count). The quantitative estimate of drug-likeness (QED) is 0.884. The van der Waals surface area contributed by atoms with Crippen LogP contribution >= 0.6 is 24.8 Å². The van der Waals surface area contributed by atoms with E-state index in [1.54, 1.807) is 0 Å². The Morgan fingerprint density at radius 1 is 1.27 bits per heavy atom. The Bertz CT molecular complexity index is 512. The number of hydrogen-bond acceptors (Lipinski definition) is 3. The first-order valence-electron chi connectivity index (χ1n) is 7.52. The fourth-order valence-corrected chi connectivity index (χ4v) is 2.66. The van der Waals surface area contributed by atoms with Gasteiger partial charge in [0.05, 0.1) is 5.54 Å². The highest BCUT2D eigenvalue weighted by atomic mass is 35.5. The summed E-state index contributed by atoms with van der Waals surface area (Å²) >= 11 is 0. The monoisotopic (exact) mass is 345 g/mol. The summed E-state index contributed by atoms with van der Waals surface area (Å²) < 4.78 is 0. The molecule has 0 radical (unpaired) electrons. The van der Waals surface area contributed by atoms with E-state index >= 15 is 0 Å². The van der Waals surface area contributed by atoms with E-state index in [9.17, 15) is 4.79 Å². The molecule has 0 unspecified atom stereocenters. The topological polar surface area (TPSA) is 58.4 Å². The summed E-state index contributed by atoms with van der Waals surface area (Å²) in [4.78, 5) is 14.4. The van der Waals surface area contributed by atoms with Crippen LogP contribution in [0, 0.1) is 5.92 Å². The van der Waals surface area contributed by atoms with Crippen molar-refractivity contribution in [1.29, 1.82) is 0 Å². The lowest BCUT2D eigenvalue weighted by Gasteiger charge is -2.32. The van der Waals surface area contributed by atoms with Crippen molar-refractivity contribution in [2.24, 2.45) is 11.7 Å². The van der Waals surface area contributed by atoms with Crippen molar-refractivity contribution < 1.29 is 4.79 Å². The third-order valence-corrected chi connectivity index (χ3v) is 4.49. The Hall–Kier alpha value is -0.970. The van der Waals surface area contributed by atoms with E-state index in [2.05, 4.69) is 29.3 Å². The molecule has 4 nitrogen and oxygen atoms in total. The first-order chi connectivity index (χ1) is 9.57. The number of rotatable bonds is 3. The van der Waals surface area contributed by atoms with E-state index in [1.165, 1.54) is 18.5 Å². The third kappa shape index (κ3) is 4.28. The second-order valence-electron chi connectivity index (χ2n) is 6.33. The van der Waals surface area contributed by atoms with Gasteiger partial charge in [0, 0.05) is 24.5 Å². The third-order valence-electron chi connectivity index (χ3n) is 4.49. The molecule has 22 heavy (non-hydrogen) atoms. The van der Waals surface area contributed by atoms with Crippen LogP contribution in [0.4, 0.5) is 11.4 Å². The molecule has 1 aliphatic heterocycles. The molecule has 1 heterocycles. The predicted octanol–water partition coefficient (Wildman–Crippen LogP) is 3.20. The highest BCUT2D eigenvalue weighted by molar-refractivity contribution is 6.00. The molecule has 2 aliphatic rings. The number of piperidine rings is 1. The van der Waals surface area contributed by atoms with Gasteiger partial charge in [-0.25, -0.2) is 0 Å². The summed E-state index contributed by atoms with van der Waals surface area (Å²) in [7, 11) is 0. The van der Waals surface area contributed by atoms with Gasteiger partial charge in [0.1, 0.15) is 0 Å². The molecule has 1 aliphatic carbocycles. The van der Waals surface area contributed by atoms with Gasteiger partial charge in [-0.2, -0.15) is 0 Å². The number of nitrogens with two attached hydrogens (primary N) is 1. The van der Waals surface area contributed by atoms with Gasteiger partial charge in [0.15, 0.2) is 0 Å². The number of nitrogens with zero attached hydrogens (tertiary/aromatic N) is 1. The first-order valence-corrected chi connectivity index (χ1v) is 7.52. The van der Waals surface area contributed by atoms with Crippen molar-refractivity contribution in [2.45, 2.75) is 38.1 Å². The minimum absolute atomic E-state index is 0. The Labute approximate surface area is 144 Å². The lowest BCUT2D eigenvalue weighted by Crippen LogP contribution is -2.38. The highest BCUT2D eigenvalue weighted by Crippen LogP contribution is 2.33. The van der Waals surface area contributed by atoms with E-state index in [-0.39, 0.29) is 30.7 Å². The van der Waals surface area contributed by atoms with Gasteiger partial charge in [-0.1, -0.05) is 13.0 Å². The van der Waals surface area contributed by atoms with E-state index in [1.807, 2.05) is 12.1 Å². The molecule has 1 saturated carbocycles. The molecular formula is C16H25Cl2N3O. The zero-order valence-corrected chi connectivity index (χ0v) is 14.5. The smallest absolute Gasteiger partial charge is 0.244 e. The fourth-order valence-electron chi connectivity index (χ4n) is 2.66. The summed E-state index contributed by atoms with van der Waals surface area (Å²) in [5.74, 6) is 0.767. The van der Waals surface area contributed by atoms with Crippen molar-refractivity contribution in [2.75, 3.05) is 23.3 Å². The van der Waals surface area contributed by atoms with Crippen LogP contribution in [0.25, 0.3) is 0 Å². The molecule has 2 fully saturated rings. The number of benzene rings is 1. The SMILES string of the molecule is CC1CCN(c2cccc(NC(=O)C3(N)CC3)c2)CC1.Cl.Cl. The van der Waals surface area contributed by atoms with Gasteiger partial charge in [0.25, 0.3) is 0 Å². The van der Waals surface area contributed by atoms with Crippen LogP contribution in [0.1, 0.15) is 32.6 Å².